The summed E-state index contributed by atoms with van der Waals surface area (Å²) in [4.78, 5) is 0. The second-order valence-electron chi connectivity index (χ2n) is 10.6. The average Bonchev–Trinajstić information content (AvgIpc) is 3.03. The predicted octanol–water partition coefficient (Wildman–Crippen LogP) is 11.6. The van der Waals surface area contributed by atoms with Crippen molar-refractivity contribution in [2.45, 2.75) is 6.92 Å². The number of benzene rings is 6. The molecule has 0 aromatic heterocycles. The minimum absolute atomic E-state index is 1.20. The topological polar surface area (TPSA) is 0 Å². The molecule has 7 rings (SSSR count). The lowest BCUT2D eigenvalue weighted by Gasteiger charge is -2.14. The van der Waals surface area contributed by atoms with E-state index in [0.717, 1.165) is 0 Å². The lowest BCUT2D eigenvalue weighted by molar-refractivity contribution is 1.50. The smallest absolute Gasteiger partial charge is 0.00697 e. The minimum Gasteiger partial charge on any atom is -0.0622 e. The van der Waals surface area contributed by atoms with Crippen molar-refractivity contribution in [3.05, 3.63) is 169 Å². The molecular formula is C41H30. The Morgan fingerprint density at radius 2 is 0.707 bits per heavy atom. The quantitative estimate of drug-likeness (QED) is 0.216. The van der Waals surface area contributed by atoms with Crippen molar-refractivity contribution in [1.29, 1.82) is 0 Å². The molecule has 0 heterocycles. The molecule has 41 heavy (non-hydrogen) atoms. The Kier molecular flexibility index (Phi) is 6.51. The second kappa shape index (κ2) is 10.8. The maximum Gasteiger partial charge on any atom is -0.00697 e. The molecule has 0 saturated heterocycles. The summed E-state index contributed by atoms with van der Waals surface area (Å²) < 4.78 is 0. The van der Waals surface area contributed by atoms with Crippen molar-refractivity contribution >= 4 is 32.3 Å². The first kappa shape index (κ1) is 24.8. The van der Waals surface area contributed by atoms with Crippen LogP contribution in [0.25, 0.3) is 65.7 Å². The Morgan fingerprint density at radius 1 is 0.293 bits per heavy atom. The Morgan fingerprint density at radius 3 is 1.37 bits per heavy atom. The summed E-state index contributed by atoms with van der Waals surface area (Å²) in [6.07, 6.45) is 0. The summed E-state index contributed by atoms with van der Waals surface area (Å²) in [6, 6.07) is 59.2. The van der Waals surface area contributed by atoms with E-state index in [9.17, 15) is 0 Å². The highest BCUT2D eigenvalue weighted by atomic mass is 14.2. The number of aryl methyl sites for hydroxylation is 1. The van der Waals surface area contributed by atoms with Gasteiger partial charge in [0.2, 0.25) is 0 Å². The van der Waals surface area contributed by atoms with E-state index in [1.54, 1.807) is 0 Å². The first-order chi connectivity index (χ1) is 20.3. The third-order valence-electron chi connectivity index (χ3n) is 8.07. The molecule has 0 N–H and O–H groups in total. The van der Waals surface area contributed by atoms with Gasteiger partial charge in [0, 0.05) is 0 Å². The third-order valence-corrected chi connectivity index (χ3v) is 8.07. The Labute approximate surface area is 241 Å². The van der Waals surface area contributed by atoms with Gasteiger partial charge in [0.05, 0.1) is 0 Å². The first-order valence-corrected chi connectivity index (χ1v) is 14.2. The van der Waals surface area contributed by atoms with Crippen LogP contribution in [0.1, 0.15) is 5.56 Å². The lowest BCUT2D eigenvalue weighted by atomic mass is 9.90. The van der Waals surface area contributed by atoms with Crippen LogP contribution in [-0.4, -0.2) is 0 Å². The molecular weight excluding hydrogens is 492 g/mol. The van der Waals surface area contributed by atoms with Crippen molar-refractivity contribution in [2.24, 2.45) is 0 Å². The molecule has 0 aliphatic rings. The summed E-state index contributed by atoms with van der Waals surface area (Å²) in [5, 5.41) is 7.53. The molecule has 0 atom stereocenters. The van der Waals surface area contributed by atoms with Gasteiger partial charge in [0.25, 0.3) is 0 Å². The van der Waals surface area contributed by atoms with Gasteiger partial charge in [-0.15, -0.1) is 0 Å². The lowest BCUT2D eigenvalue weighted by Crippen LogP contribution is -1.88. The minimum atomic E-state index is 1.20. The summed E-state index contributed by atoms with van der Waals surface area (Å²) in [6.45, 7) is 2.22. The van der Waals surface area contributed by atoms with Crippen molar-refractivity contribution in [3.63, 3.8) is 0 Å². The SMILES string of the molecule is Cc1cccccc(-c2ccc(-c3cccc4ccccc34)cc2)c2ccccc2c1-c1cccc2ccccc12. The van der Waals surface area contributed by atoms with Gasteiger partial charge in [-0.3, -0.25) is 0 Å². The predicted molar refractivity (Wildman–Crippen MR) is 178 cm³/mol. The highest BCUT2D eigenvalue weighted by Crippen LogP contribution is 2.38. The van der Waals surface area contributed by atoms with Crippen LogP contribution in [0, 0.1) is 6.92 Å². The zero-order valence-corrected chi connectivity index (χ0v) is 23.1. The Hall–Kier alpha value is -5.20. The Balaban J connectivity index is 1.48. The van der Waals surface area contributed by atoms with Gasteiger partial charge in [-0.2, -0.15) is 0 Å². The molecule has 0 saturated carbocycles. The summed E-state index contributed by atoms with van der Waals surface area (Å²) in [5.41, 5.74) is 8.66. The molecule has 0 spiro atoms. The molecule has 0 heteroatoms. The second-order valence-corrected chi connectivity index (χ2v) is 10.6. The van der Waals surface area contributed by atoms with Crippen LogP contribution in [-0.2, 0) is 0 Å². The van der Waals surface area contributed by atoms with Gasteiger partial charge >= 0.3 is 0 Å². The van der Waals surface area contributed by atoms with Crippen molar-refractivity contribution in [1.82, 2.24) is 0 Å². The van der Waals surface area contributed by atoms with Crippen LogP contribution in [0.3, 0.4) is 0 Å². The standard InChI is InChI=1S/C41H30/c1-29-13-3-2-4-18-36(33-27-25-32(26-28-33)35-23-11-16-30-14-5-7-19-34(30)35)38-21-9-10-22-40(38)41(29)39-24-12-17-31-15-6-8-20-37(31)39/h2-28H,1H3. The first-order valence-electron chi connectivity index (χ1n) is 14.2. The normalized spacial score (nSPS) is 11.0. The van der Waals surface area contributed by atoms with Crippen LogP contribution < -0.4 is 0 Å². The molecule has 0 radical (unpaired) electrons. The maximum absolute atomic E-state index is 2.27. The molecule has 0 amide bonds. The monoisotopic (exact) mass is 522 g/mol. The van der Waals surface area contributed by atoms with Gasteiger partial charge in [0.15, 0.2) is 0 Å². The van der Waals surface area contributed by atoms with Crippen molar-refractivity contribution < 1.29 is 0 Å². The number of fused-ring (bicyclic) bond motifs is 3. The van der Waals surface area contributed by atoms with Gasteiger partial charge in [-0.05, 0) is 78.2 Å². The highest BCUT2D eigenvalue weighted by molar-refractivity contribution is 6.09. The summed E-state index contributed by atoms with van der Waals surface area (Å²) >= 11 is 0. The van der Waals surface area contributed by atoms with Gasteiger partial charge in [-0.25, -0.2) is 0 Å². The van der Waals surface area contributed by atoms with E-state index >= 15 is 0 Å². The molecule has 0 bridgehead atoms. The molecule has 194 valence electrons. The van der Waals surface area contributed by atoms with Gasteiger partial charge in [0.1, 0.15) is 0 Å². The largest absolute Gasteiger partial charge is 0.0622 e. The molecule has 0 fully saturated rings. The fraction of sp³-hybridized carbons (Fsp3) is 0.0244. The van der Waals surface area contributed by atoms with Crippen LogP contribution in [0.15, 0.2) is 164 Å². The zero-order chi connectivity index (χ0) is 27.6. The Bertz CT molecular complexity index is 2090. The fourth-order valence-electron chi connectivity index (χ4n) is 6.10. The number of hydrogen-bond donors (Lipinski definition) is 0. The van der Waals surface area contributed by atoms with E-state index in [2.05, 4.69) is 171 Å². The van der Waals surface area contributed by atoms with E-state index in [1.807, 2.05) is 0 Å². The summed E-state index contributed by atoms with van der Waals surface area (Å²) in [7, 11) is 0. The molecule has 0 aliphatic carbocycles. The molecule has 7 aromatic carbocycles. The average molecular weight is 523 g/mol. The van der Waals surface area contributed by atoms with Crippen molar-refractivity contribution in [2.75, 3.05) is 0 Å². The van der Waals surface area contributed by atoms with E-state index in [0.29, 0.717) is 0 Å². The third kappa shape index (κ3) is 4.64. The molecule has 0 unspecified atom stereocenters. The number of hydrogen-bond acceptors (Lipinski definition) is 0. The highest BCUT2D eigenvalue weighted by Gasteiger charge is 2.12. The van der Waals surface area contributed by atoms with E-state index in [-0.39, 0.29) is 0 Å². The zero-order valence-electron chi connectivity index (χ0n) is 23.1. The van der Waals surface area contributed by atoms with Crippen LogP contribution >= 0.6 is 0 Å². The molecule has 0 nitrogen and oxygen atoms in total. The fourth-order valence-corrected chi connectivity index (χ4v) is 6.10. The van der Waals surface area contributed by atoms with Crippen LogP contribution in [0.4, 0.5) is 0 Å². The van der Waals surface area contributed by atoms with Crippen molar-refractivity contribution in [3.8, 4) is 33.4 Å². The van der Waals surface area contributed by atoms with Crippen LogP contribution in [0.2, 0.25) is 0 Å². The number of rotatable bonds is 3. The van der Waals surface area contributed by atoms with E-state index in [1.165, 1.54) is 71.3 Å². The maximum atomic E-state index is 2.27. The van der Waals surface area contributed by atoms with Crippen LogP contribution in [0.5, 0.6) is 0 Å². The van der Waals surface area contributed by atoms with Gasteiger partial charge in [-0.1, -0.05) is 164 Å². The van der Waals surface area contributed by atoms with E-state index in [4.69, 9.17) is 0 Å². The molecule has 7 aromatic rings. The molecule has 0 aliphatic heterocycles. The van der Waals surface area contributed by atoms with E-state index < -0.39 is 0 Å². The summed E-state index contributed by atoms with van der Waals surface area (Å²) in [5.74, 6) is 0. The van der Waals surface area contributed by atoms with Gasteiger partial charge < -0.3 is 0 Å².